The van der Waals surface area contributed by atoms with Gasteiger partial charge >= 0.3 is 0 Å². The van der Waals surface area contributed by atoms with Crippen LogP contribution < -0.4 is 5.73 Å². The zero-order chi connectivity index (χ0) is 13.5. The maximum Gasteiger partial charge on any atom is 0.141 e. The first kappa shape index (κ1) is 14.5. The summed E-state index contributed by atoms with van der Waals surface area (Å²) in [6.45, 7) is 7.37. The summed E-state index contributed by atoms with van der Waals surface area (Å²) in [6.07, 6.45) is 0.534. The maximum absolute atomic E-state index is 8.77. The fourth-order valence-corrected chi connectivity index (χ4v) is 2.29. The maximum atomic E-state index is 8.77. The van der Waals surface area contributed by atoms with E-state index in [1.54, 1.807) is 0 Å². The van der Waals surface area contributed by atoms with Crippen LogP contribution in [0.4, 0.5) is 0 Å². The molecule has 0 aliphatic rings. The van der Waals surface area contributed by atoms with Crippen LogP contribution in [-0.4, -0.2) is 28.5 Å². The van der Waals surface area contributed by atoms with Gasteiger partial charge in [-0.2, -0.15) is 0 Å². The molecule has 1 aromatic rings. The zero-order valence-corrected chi connectivity index (χ0v) is 11.4. The molecule has 0 bridgehead atoms. The Morgan fingerprint density at radius 2 is 1.94 bits per heavy atom. The summed E-state index contributed by atoms with van der Waals surface area (Å²) in [5.74, 6) is 0.267. The second-order valence-electron chi connectivity index (χ2n) is 4.65. The van der Waals surface area contributed by atoms with Crippen molar-refractivity contribution in [2.24, 2.45) is 10.9 Å². The predicted molar refractivity (Wildman–Crippen MR) is 74.7 cm³/mol. The third-order valence-corrected chi connectivity index (χ3v) is 3.14. The molecule has 4 heteroatoms. The van der Waals surface area contributed by atoms with Crippen molar-refractivity contribution in [3.63, 3.8) is 0 Å². The lowest BCUT2D eigenvalue weighted by Crippen LogP contribution is -2.37. The van der Waals surface area contributed by atoms with Crippen molar-refractivity contribution in [3.8, 4) is 0 Å². The second-order valence-corrected chi connectivity index (χ2v) is 4.65. The Labute approximate surface area is 109 Å². The van der Waals surface area contributed by atoms with Gasteiger partial charge in [-0.3, -0.25) is 4.90 Å². The van der Waals surface area contributed by atoms with Gasteiger partial charge in [0.25, 0.3) is 0 Å². The topological polar surface area (TPSA) is 61.8 Å². The highest BCUT2D eigenvalue weighted by molar-refractivity contribution is 5.80. The van der Waals surface area contributed by atoms with E-state index < -0.39 is 0 Å². The molecule has 18 heavy (non-hydrogen) atoms. The molecule has 1 unspecified atom stereocenters. The van der Waals surface area contributed by atoms with Crippen LogP contribution >= 0.6 is 0 Å². The molecule has 0 heterocycles. The van der Waals surface area contributed by atoms with Gasteiger partial charge in [0, 0.05) is 18.5 Å². The third-order valence-electron chi connectivity index (χ3n) is 3.14. The second kappa shape index (κ2) is 7.01. The summed E-state index contributed by atoms with van der Waals surface area (Å²) in [7, 11) is 0. The molecule has 3 N–H and O–H groups in total. The van der Waals surface area contributed by atoms with E-state index >= 15 is 0 Å². The Morgan fingerprint density at radius 1 is 1.33 bits per heavy atom. The van der Waals surface area contributed by atoms with Gasteiger partial charge in [0.15, 0.2) is 0 Å². The molecular formula is C14H23N3O. The van der Waals surface area contributed by atoms with E-state index in [-0.39, 0.29) is 11.9 Å². The van der Waals surface area contributed by atoms with E-state index in [1.807, 2.05) is 18.2 Å². The minimum atomic E-state index is 0.145. The average molecular weight is 249 g/mol. The minimum absolute atomic E-state index is 0.145. The molecule has 0 saturated carbocycles. The van der Waals surface area contributed by atoms with Crippen LogP contribution in [0.2, 0.25) is 0 Å². The summed E-state index contributed by atoms with van der Waals surface area (Å²) in [6, 6.07) is 10.8. The number of hydrogen-bond acceptors (Lipinski definition) is 3. The lowest BCUT2D eigenvalue weighted by atomic mass is 10.00. The molecule has 0 fully saturated rings. The van der Waals surface area contributed by atoms with Gasteiger partial charge in [-0.25, -0.2) is 0 Å². The van der Waals surface area contributed by atoms with Gasteiger partial charge in [0.2, 0.25) is 0 Å². The molecule has 0 saturated heterocycles. The monoisotopic (exact) mass is 249 g/mol. The van der Waals surface area contributed by atoms with Crippen LogP contribution in [-0.2, 0) is 0 Å². The van der Waals surface area contributed by atoms with Crippen molar-refractivity contribution in [2.75, 3.05) is 6.54 Å². The van der Waals surface area contributed by atoms with Crippen LogP contribution in [0.3, 0.4) is 0 Å². The number of nitrogens with zero attached hydrogens (tertiary/aromatic N) is 2. The zero-order valence-electron chi connectivity index (χ0n) is 11.4. The number of rotatable bonds is 6. The Kier molecular flexibility index (Phi) is 5.65. The normalized spacial score (nSPS) is 14.2. The summed E-state index contributed by atoms with van der Waals surface area (Å²) >= 11 is 0. The first-order chi connectivity index (χ1) is 8.60. The van der Waals surface area contributed by atoms with Gasteiger partial charge in [-0.1, -0.05) is 42.4 Å². The molecule has 0 aliphatic heterocycles. The first-order valence-corrected chi connectivity index (χ1v) is 6.37. The Bertz CT molecular complexity index is 376. The standard InChI is InChI=1S/C14H23N3O/c1-4-17(11(2)3)13(10-14(15)16-18)12-8-6-5-7-9-12/h5-9,11,13,18H,4,10H2,1-3H3,(H2,15,16). The number of amidine groups is 1. The van der Waals surface area contributed by atoms with Crippen molar-refractivity contribution in [1.82, 2.24) is 4.90 Å². The number of hydrogen-bond donors (Lipinski definition) is 2. The largest absolute Gasteiger partial charge is 0.409 e. The van der Waals surface area contributed by atoms with Crippen LogP contribution in [0, 0.1) is 0 Å². The quantitative estimate of drug-likeness (QED) is 0.352. The Hall–Kier alpha value is -1.55. The van der Waals surface area contributed by atoms with E-state index in [4.69, 9.17) is 10.9 Å². The molecule has 1 aromatic carbocycles. The van der Waals surface area contributed by atoms with Gasteiger partial charge in [-0.05, 0) is 26.0 Å². The predicted octanol–water partition coefficient (Wildman–Crippen LogP) is 2.59. The van der Waals surface area contributed by atoms with Crippen LogP contribution in [0.25, 0.3) is 0 Å². The molecule has 1 rings (SSSR count). The fourth-order valence-electron chi connectivity index (χ4n) is 2.29. The van der Waals surface area contributed by atoms with E-state index in [0.29, 0.717) is 12.5 Å². The molecule has 1 atom stereocenters. The highest BCUT2D eigenvalue weighted by Gasteiger charge is 2.22. The summed E-state index contributed by atoms with van der Waals surface area (Å²) in [5, 5.41) is 11.9. The fraction of sp³-hybridized carbons (Fsp3) is 0.500. The van der Waals surface area contributed by atoms with Gasteiger partial charge in [0.05, 0.1) is 0 Å². The van der Waals surface area contributed by atoms with Crippen molar-refractivity contribution in [2.45, 2.75) is 39.3 Å². The molecule has 0 amide bonds. The third kappa shape index (κ3) is 3.74. The van der Waals surface area contributed by atoms with E-state index in [1.165, 1.54) is 5.56 Å². The van der Waals surface area contributed by atoms with Crippen LogP contribution in [0.5, 0.6) is 0 Å². The highest BCUT2D eigenvalue weighted by atomic mass is 16.4. The van der Waals surface area contributed by atoms with Crippen molar-refractivity contribution < 1.29 is 5.21 Å². The number of benzene rings is 1. The van der Waals surface area contributed by atoms with Gasteiger partial charge in [0.1, 0.15) is 5.84 Å². The number of nitrogens with two attached hydrogens (primary N) is 1. The van der Waals surface area contributed by atoms with Gasteiger partial charge < -0.3 is 10.9 Å². The molecule has 0 radical (unpaired) electrons. The minimum Gasteiger partial charge on any atom is -0.409 e. The van der Waals surface area contributed by atoms with Crippen molar-refractivity contribution in [1.29, 1.82) is 0 Å². The Balaban J connectivity index is 3.01. The molecule has 100 valence electrons. The summed E-state index contributed by atoms with van der Waals surface area (Å²) < 4.78 is 0. The van der Waals surface area contributed by atoms with E-state index in [0.717, 1.165) is 6.54 Å². The number of oxime groups is 1. The average Bonchev–Trinajstić information content (AvgIpc) is 2.38. The summed E-state index contributed by atoms with van der Waals surface area (Å²) in [5.41, 5.74) is 6.87. The lowest BCUT2D eigenvalue weighted by Gasteiger charge is -2.34. The molecule has 0 aromatic heterocycles. The smallest absolute Gasteiger partial charge is 0.141 e. The van der Waals surface area contributed by atoms with Crippen molar-refractivity contribution in [3.05, 3.63) is 35.9 Å². The Morgan fingerprint density at radius 3 is 2.39 bits per heavy atom. The molecule has 4 nitrogen and oxygen atoms in total. The van der Waals surface area contributed by atoms with Crippen LogP contribution in [0.1, 0.15) is 38.8 Å². The lowest BCUT2D eigenvalue weighted by molar-refractivity contribution is 0.165. The van der Waals surface area contributed by atoms with Gasteiger partial charge in [-0.15, -0.1) is 0 Å². The SMILES string of the molecule is CCN(C(C)C)C(CC(N)=NO)c1ccccc1. The molecule has 0 spiro atoms. The van der Waals surface area contributed by atoms with Crippen molar-refractivity contribution >= 4 is 5.84 Å². The first-order valence-electron chi connectivity index (χ1n) is 6.37. The van der Waals surface area contributed by atoms with E-state index in [2.05, 4.69) is 43.0 Å². The molecular weight excluding hydrogens is 226 g/mol. The molecule has 0 aliphatic carbocycles. The summed E-state index contributed by atoms with van der Waals surface area (Å²) in [4.78, 5) is 2.34. The van der Waals surface area contributed by atoms with E-state index in [9.17, 15) is 0 Å². The highest BCUT2D eigenvalue weighted by Crippen LogP contribution is 2.25. The van der Waals surface area contributed by atoms with Crippen LogP contribution in [0.15, 0.2) is 35.5 Å².